The van der Waals surface area contributed by atoms with Crippen LogP contribution >= 0.6 is 0 Å². The van der Waals surface area contributed by atoms with Crippen molar-refractivity contribution < 1.29 is 0 Å². The van der Waals surface area contributed by atoms with E-state index in [1.165, 1.54) is 0 Å². The van der Waals surface area contributed by atoms with Gasteiger partial charge in [-0.2, -0.15) is 0 Å². The predicted octanol–water partition coefficient (Wildman–Crippen LogP) is 0.889. The van der Waals surface area contributed by atoms with E-state index in [0.29, 0.717) is 9.84 Å². The van der Waals surface area contributed by atoms with E-state index in [9.17, 15) is 0 Å². The lowest BCUT2D eigenvalue weighted by atomic mass is 10.1. The van der Waals surface area contributed by atoms with Gasteiger partial charge >= 0.3 is 0 Å². The summed E-state index contributed by atoms with van der Waals surface area (Å²) < 4.78 is 4.29. The zero-order valence-corrected chi connectivity index (χ0v) is 12.4. The van der Waals surface area contributed by atoms with Crippen LogP contribution in [0.15, 0.2) is 0 Å². The monoisotopic (exact) mass is 226 g/mol. The van der Waals surface area contributed by atoms with Gasteiger partial charge < -0.3 is 8.46 Å². The highest BCUT2D eigenvalue weighted by Crippen LogP contribution is 2.13. The Bertz CT molecular complexity index is 142. The lowest BCUT2D eigenvalue weighted by Crippen LogP contribution is -2.53. The molecule has 13 heavy (non-hydrogen) atoms. The quantitative estimate of drug-likeness (QED) is 0.645. The van der Waals surface area contributed by atoms with Gasteiger partial charge in [0.15, 0.2) is 0 Å². The summed E-state index contributed by atoms with van der Waals surface area (Å²) >= 11 is 0. The van der Waals surface area contributed by atoms with E-state index >= 15 is 0 Å². The Kier molecular flexibility index (Phi) is 4.59. The zero-order valence-electron chi connectivity index (χ0n) is 9.39. The molecule has 5 heteroatoms. The summed E-state index contributed by atoms with van der Waals surface area (Å²) in [6.45, 7) is 13.1. The second-order valence-electron chi connectivity index (χ2n) is 5.11. The lowest BCUT2D eigenvalue weighted by molar-refractivity contribution is 0.323. The zero-order chi connectivity index (χ0) is 10.9. The summed E-state index contributed by atoms with van der Waals surface area (Å²) in [4.78, 5) is 0. The fourth-order valence-corrected chi connectivity index (χ4v) is 2.10. The van der Waals surface area contributed by atoms with E-state index in [1.807, 2.05) is 0 Å². The molecule has 0 aliphatic rings. The first-order valence-corrected chi connectivity index (χ1v) is 6.13. The van der Waals surface area contributed by atoms with Crippen molar-refractivity contribution in [1.82, 2.24) is 8.46 Å². The molecule has 0 amide bonds. The molecule has 72 valence electrons. The van der Waals surface area contributed by atoms with E-state index in [1.54, 1.807) is 0 Å². The minimum atomic E-state index is 0.144. The molecule has 0 aromatic carbocycles. The molecule has 0 aromatic rings. The van der Waals surface area contributed by atoms with Gasteiger partial charge in [0.1, 0.15) is 20.8 Å². The van der Waals surface area contributed by atoms with Crippen LogP contribution in [0.4, 0.5) is 0 Å². The Balaban J connectivity index is 4.15. The normalized spacial score (nSPS) is 14.3. The third-order valence-corrected chi connectivity index (χ3v) is 5.22. The first kappa shape index (κ1) is 13.6. The summed E-state index contributed by atoms with van der Waals surface area (Å²) in [6, 6.07) is 0. The van der Waals surface area contributed by atoms with Crippen molar-refractivity contribution in [2.75, 3.05) is 0 Å². The van der Waals surface area contributed by atoms with Crippen molar-refractivity contribution in [2.24, 2.45) is 0 Å². The molecule has 0 heterocycles. The largest absolute Gasteiger partial charge is 0.333 e. The van der Waals surface area contributed by atoms with Crippen molar-refractivity contribution in [3.05, 3.63) is 0 Å². The van der Waals surface area contributed by atoms with E-state index in [-0.39, 0.29) is 11.1 Å². The van der Waals surface area contributed by atoms with Crippen LogP contribution in [-0.2, 0) is 0 Å². The van der Waals surface area contributed by atoms with Gasteiger partial charge in [-0.25, -0.2) is 0 Å². The summed E-state index contributed by atoms with van der Waals surface area (Å²) in [5.41, 5.74) is 0.289. The van der Waals surface area contributed by atoms with Crippen LogP contribution in [0.1, 0.15) is 41.5 Å². The number of hydrogen-bond donors (Lipinski definition) is 0. The van der Waals surface area contributed by atoms with Crippen LogP contribution in [0.25, 0.3) is 0 Å². The molecule has 0 atom stereocenters. The van der Waals surface area contributed by atoms with Gasteiger partial charge in [0.2, 0.25) is 9.84 Å². The fourth-order valence-electron chi connectivity index (χ4n) is 0.400. The number of rotatable bonds is 2. The van der Waals surface area contributed by atoms with Gasteiger partial charge in [-0.1, -0.05) is 0 Å². The molecule has 0 fully saturated rings. The second kappa shape index (κ2) is 4.39. The average molecular weight is 227 g/mol. The molecular formula is C8H18N2Si3. The predicted molar refractivity (Wildman–Crippen MR) is 60.4 cm³/mol. The third kappa shape index (κ3) is 5.12. The Hall–Kier alpha value is 0.571. The lowest BCUT2D eigenvalue weighted by Gasteiger charge is -2.39. The molecule has 0 aliphatic heterocycles. The molecule has 8 radical (unpaired) electrons. The highest BCUT2D eigenvalue weighted by atomic mass is 28.3. The molecule has 0 N–H and O–H groups in total. The maximum Gasteiger partial charge on any atom is 0.236 e. The first-order valence-electron chi connectivity index (χ1n) is 4.34. The van der Waals surface area contributed by atoms with Crippen LogP contribution in [0.5, 0.6) is 0 Å². The number of nitrogens with zero attached hydrogens (tertiary/aromatic N) is 2. The van der Waals surface area contributed by atoms with Gasteiger partial charge in [0.25, 0.3) is 0 Å². The van der Waals surface area contributed by atoms with Crippen LogP contribution in [0, 0.1) is 0 Å². The maximum atomic E-state index is 3.62. The summed E-state index contributed by atoms with van der Waals surface area (Å²) in [5.74, 6) is 0. The Morgan fingerprint density at radius 1 is 0.769 bits per heavy atom. The molecule has 0 aliphatic carbocycles. The van der Waals surface area contributed by atoms with E-state index < -0.39 is 0 Å². The highest BCUT2D eigenvalue weighted by molar-refractivity contribution is 6.46. The molecule has 0 spiro atoms. The molecule has 0 saturated carbocycles. The molecule has 0 saturated heterocycles. The van der Waals surface area contributed by atoms with E-state index in [0.717, 1.165) is 0 Å². The second-order valence-corrected chi connectivity index (χ2v) is 8.00. The number of hydrogen-bond acceptors (Lipinski definition) is 2. The van der Waals surface area contributed by atoms with Crippen LogP contribution in [0.2, 0.25) is 0 Å². The molecule has 0 aromatic heterocycles. The summed E-state index contributed by atoms with van der Waals surface area (Å²) in [6.07, 6.45) is 0. The molecular weight excluding hydrogens is 208 g/mol. The van der Waals surface area contributed by atoms with Crippen molar-refractivity contribution in [1.29, 1.82) is 0 Å². The Morgan fingerprint density at radius 3 is 1.15 bits per heavy atom. The van der Waals surface area contributed by atoms with Crippen LogP contribution < -0.4 is 0 Å². The summed E-state index contributed by atoms with van der Waals surface area (Å²) in [7, 11) is 7.81. The smallest absolute Gasteiger partial charge is 0.236 e. The molecule has 0 unspecified atom stereocenters. The average Bonchev–Trinajstić information content (AvgIpc) is 1.82. The van der Waals surface area contributed by atoms with Gasteiger partial charge in [0, 0.05) is 11.1 Å². The Morgan fingerprint density at radius 2 is 1.00 bits per heavy atom. The van der Waals surface area contributed by atoms with Gasteiger partial charge in [-0.3, -0.25) is 0 Å². The fraction of sp³-hybridized carbons (Fsp3) is 1.00. The highest BCUT2D eigenvalue weighted by Gasteiger charge is 2.24. The topological polar surface area (TPSA) is 6.48 Å². The minimum absolute atomic E-state index is 0.144. The van der Waals surface area contributed by atoms with Gasteiger partial charge in [0.05, 0.1) is 0 Å². The van der Waals surface area contributed by atoms with E-state index in [4.69, 9.17) is 0 Å². The van der Waals surface area contributed by atoms with Crippen LogP contribution in [-0.4, -0.2) is 50.2 Å². The van der Waals surface area contributed by atoms with Gasteiger partial charge in [-0.05, 0) is 41.5 Å². The first-order chi connectivity index (χ1) is 5.55. The maximum absolute atomic E-state index is 3.62. The molecule has 0 rings (SSSR count). The standard InChI is InChI=1S/C8H18N2Si3/c1-7(2,3)9(11)13-10(12)8(4,5)6/h1-6H3. The molecule has 2 nitrogen and oxygen atoms in total. The third-order valence-electron chi connectivity index (χ3n) is 1.54. The van der Waals surface area contributed by atoms with Crippen LogP contribution in [0.3, 0.4) is 0 Å². The Labute approximate surface area is 92.0 Å². The van der Waals surface area contributed by atoms with E-state index in [2.05, 4.69) is 70.8 Å². The van der Waals surface area contributed by atoms with Crippen molar-refractivity contribution in [2.45, 2.75) is 52.6 Å². The van der Waals surface area contributed by atoms with Crippen molar-refractivity contribution >= 4 is 30.7 Å². The molecule has 0 bridgehead atoms. The SMILES string of the molecule is CC(C)(C)N([Si])[Si]N([Si])C(C)(C)C. The van der Waals surface area contributed by atoms with Gasteiger partial charge in [-0.15, -0.1) is 0 Å². The summed E-state index contributed by atoms with van der Waals surface area (Å²) in [5, 5.41) is 0. The van der Waals surface area contributed by atoms with Crippen molar-refractivity contribution in [3.8, 4) is 0 Å². The van der Waals surface area contributed by atoms with Crippen molar-refractivity contribution in [3.63, 3.8) is 0 Å². The minimum Gasteiger partial charge on any atom is -0.333 e.